The van der Waals surface area contributed by atoms with Crippen LogP contribution in [0.5, 0.6) is 0 Å². The summed E-state index contributed by atoms with van der Waals surface area (Å²) in [4.78, 5) is 80.7. The van der Waals surface area contributed by atoms with E-state index in [-0.39, 0.29) is 73.0 Å². The molecule has 32 heteroatoms. The van der Waals surface area contributed by atoms with Crippen LogP contribution in [0.25, 0.3) is 32.7 Å². The van der Waals surface area contributed by atoms with Crippen LogP contribution in [0.3, 0.4) is 0 Å². The summed E-state index contributed by atoms with van der Waals surface area (Å²) >= 11 is 0. The summed E-state index contributed by atoms with van der Waals surface area (Å²) in [7, 11) is 0. The van der Waals surface area contributed by atoms with Crippen LogP contribution >= 0.6 is 49.6 Å². The predicted octanol–water partition coefficient (Wildman–Crippen LogP) is 18.0. The van der Waals surface area contributed by atoms with Gasteiger partial charge in [-0.05, 0) is 263 Å². The van der Waals surface area contributed by atoms with Gasteiger partial charge in [0.1, 0.15) is 11.4 Å². The number of anilines is 6. The topological polar surface area (TPSA) is 329 Å². The van der Waals surface area contributed by atoms with E-state index in [0.717, 1.165) is 345 Å². The Hall–Kier alpha value is -9.41. The first kappa shape index (κ1) is 93.3. The molecule has 0 aromatic carbocycles. The predicted molar refractivity (Wildman–Crippen MR) is 513 cm³/mol. The molecule has 0 bridgehead atoms. The second-order valence-corrected chi connectivity index (χ2v) is 37.8. The van der Waals surface area contributed by atoms with E-state index in [9.17, 15) is 0 Å². The van der Waals surface area contributed by atoms with Crippen LogP contribution in [0.15, 0.2) is 114 Å². The van der Waals surface area contributed by atoms with Crippen molar-refractivity contribution < 1.29 is 9.47 Å². The number of allylic oxidation sites excluding steroid dienone is 1. The number of aromatic nitrogens is 16. The van der Waals surface area contributed by atoms with Crippen LogP contribution in [0.1, 0.15) is 287 Å². The molecule has 28 nitrogen and oxygen atoms in total. The summed E-state index contributed by atoms with van der Waals surface area (Å²) in [6, 6.07) is 16.5. The average molecular weight is 1820 g/mol. The van der Waals surface area contributed by atoms with Gasteiger partial charge < -0.3 is 51.1 Å². The first-order valence-corrected chi connectivity index (χ1v) is 46.2. The number of hydrogen-bond acceptors (Lipinski definition) is 25. The zero-order chi connectivity index (χ0) is 84.5. The lowest BCUT2D eigenvalue weighted by atomic mass is 9.71. The molecule has 3 atom stereocenters. The summed E-state index contributed by atoms with van der Waals surface area (Å²) in [5, 5.41) is 10.2. The third-order valence-corrected chi connectivity index (χ3v) is 29.0. The van der Waals surface area contributed by atoms with E-state index in [1.165, 1.54) is 42.6 Å². The molecule has 10 aromatic heterocycles. The van der Waals surface area contributed by atoms with Crippen molar-refractivity contribution in [2.45, 2.75) is 263 Å². The van der Waals surface area contributed by atoms with Crippen molar-refractivity contribution in [3.63, 3.8) is 0 Å². The zero-order valence-corrected chi connectivity index (χ0v) is 77.7. The van der Waals surface area contributed by atoms with Crippen molar-refractivity contribution in [1.82, 2.24) is 79.4 Å². The van der Waals surface area contributed by atoms with Crippen LogP contribution < -0.4 is 36.8 Å². The molecule has 8 aliphatic heterocycles. The molecule has 0 spiro atoms. The van der Waals surface area contributed by atoms with Crippen LogP contribution in [0.2, 0.25) is 0 Å². The van der Waals surface area contributed by atoms with Crippen LogP contribution in [0.4, 0.5) is 34.4 Å². The van der Waals surface area contributed by atoms with E-state index in [0.29, 0.717) is 41.7 Å². The number of pyridine rings is 4. The Morgan fingerprint density at radius 1 is 0.414 bits per heavy atom. The minimum Gasteiger partial charge on any atom is -0.356 e. The van der Waals surface area contributed by atoms with Crippen molar-refractivity contribution in [3.8, 4) is 0 Å². The molecule has 18 heterocycles. The SMILES string of the molecule is CC1(CN)CCC(c2cnc3c(N4CCCc5ncccc54)nn(C4CCCCO4)c3n2)CC1.CC1(CN)CCC(c2cnc3c(n2)CN=C3N2CCCc3ncccc32)CC1.CC1(CN)CCC(c2cnc3c(n2)CN=C3N2CCCc3ncccc32)CC1.Cl.Cl.Cl.Cl.[C-]#[N+]C1(C)CC=C(c2cnc3c(N4CCCc5ncccc54)nn(C4CCCCO4)c3n2)CC1. The fraction of sp³-hybridized carbons (Fsp3) is 0.552. The number of halogens is 4. The number of nitrogens with zero attached hydrogens (tertiary/aromatic N) is 23. The van der Waals surface area contributed by atoms with Gasteiger partial charge in [0.05, 0.1) is 99.0 Å². The molecule has 3 saturated carbocycles. The number of hydrogen-bond donors (Lipinski definition) is 3. The van der Waals surface area contributed by atoms with Crippen molar-refractivity contribution >= 4 is 124 Å². The lowest BCUT2D eigenvalue weighted by molar-refractivity contribution is -0.0370. The fourth-order valence-electron chi connectivity index (χ4n) is 20.7. The molecule has 2 saturated heterocycles. The molecule has 6 N–H and O–H groups in total. The summed E-state index contributed by atoms with van der Waals surface area (Å²) in [5.74, 6) is 5.05. The molecule has 5 fully saturated rings. The summed E-state index contributed by atoms with van der Waals surface area (Å²) in [5.41, 5.74) is 40.2. The lowest BCUT2D eigenvalue weighted by Gasteiger charge is -2.36. The highest BCUT2D eigenvalue weighted by Crippen LogP contribution is 2.48. The molecule has 0 amide bonds. The molecule has 22 rings (SSSR count). The molecule has 3 unspecified atom stereocenters. The van der Waals surface area contributed by atoms with Gasteiger partial charge in [-0.1, -0.05) is 26.8 Å². The van der Waals surface area contributed by atoms with E-state index in [1.807, 2.05) is 90.1 Å². The van der Waals surface area contributed by atoms with Gasteiger partial charge in [0, 0.05) is 120 Å². The number of nitrogens with two attached hydrogens (primary N) is 3. The number of amidine groups is 2. The minimum absolute atomic E-state index is 0. The number of ether oxygens (including phenoxy) is 2. The van der Waals surface area contributed by atoms with Crippen molar-refractivity contribution in [1.29, 1.82) is 0 Å². The number of rotatable bonds is 11. The Bertz CT molecular complexity index is 5530. The third-order valence-electron chi connectivity index (χ3n) is 29.0. The highest BCUT2D eigenvalue weighted by Gasteiger charge is 2.41. The van der Waals surface area contributed by atoms with Crippen molar-refractivity contribution in [3.05, 3.63) is 184 Å². The molecule has 12 aliphatic rings. The Kier molecular flexibility index (Phi) is 29.5. The van der Waals surface area contributed by atoms with E-state index >= 15 is 0 Å². The molecule has 678 valence electrons. The molecule has 4 aliphatic carbocycles. The second kappa shape index (κ2) is 40.5. The Labute approximate surface area is 776 Å². The molecule has 0 radical (unpaired) electrons. The van der Waals surface area contributed by atoms with Gasteiger partial charge in [-0.2, -0.15) is 0 Å². The maximum atomic E-state index is 7.50. The van der Waals surface area contributed by atoms with Crippen LogP contribution in [0, 0.1) is 22.8 Å². The first-order chi connectivity index (χ1) is 60.6. The van der Waals surface area contributed by atoms with Gasteiger partial charge in [-0.15, -0.1) is 59.8 Å². The zero-order valence-electron chi connectivity index (χ0n) is 74.5. The third kappa shape index (κ3) is 19.2. The lowest BCUT2D eigenvalue weighted by Crippen LogP contribution is -2.36. The van der Waals surface area contributed by atoms with Crippen LogP contribution in [-0.4, -0.2) is 156 Å². The second-order valence-electron chi connectivity index (χ2n) is 37.8. The number of aliphatic imine (C=N–C) groups is 2. The normalized spacial score (nSPS) is 25.6. The van der Waals surface area contributed by atoms with E-state index in [1.54, 1.807) is 0 Å². The first-order valence-electron chi connectivity index (χ1n) is 46.2. The monoisotopic (exact) mass is 1810 g/mol. The maximum Gasteiger partial charge on any atom is 0.233 e. The van der Waals surface area contributed by atoms with E-state index in [2.05, 4.69) is 95.5 Å². The maximum absolute atomic E-state index is 7.50. The number of fused-ring (bicyclic) bond motifs is 8. The van der Waals surface area contributed by atoms with Crippen LogP contribution in [-0.2, 0) is 48.2 Å². The standard InChI is InChI=1S/C26H29N7O.C26H35N7O.2C22H28N6.4ClH/c1-26(27-2)12-10-18(11-13-26)20-17-29-23-24(30-20)33(22-9-3-4-16-34-22)31-25(23)32-15-6-7-19-21(32)8-5-14-28-19;1-26(17-27)11-9-18(10-12-26)20-16-29-23-24(30-20)33(22-8-2-3-15-34-22)31-25(23)32-14-5-6-19-21(32)7-4-13-28-19;2*1-22(14-23)8-6-15(7-9-22)17-12-25-20-18(27-17)13-26-21(20)28-11-3-4-16-19(28)5-2-10-24-16;;;;/h5,8,10,14,17,22H,3-4,6-7,9,11-13,15-16H2,1H3;4,7,13,16,18,22H,2-3,5-6,8-12,14-15,17,27H2,1H3;2*2,5,10,12,15H,3-4,6-9,11,13-14,23H2,1H3;4*1H. The van der Waals surface area contributed by atoms with Gasteiger partial charge >= 0.3 is 0 Å². The van der Waals surface area contributed by atoms with Gasteiger partial charge in [-0.3, -0.25) is 39.9 Å². The fourth-order valence-corrected chi connectivity index (χ4v) is 20.7. The highest BCUT2D eigenvalue weighted by molar-refractivity contribution is 6.12. The summed E-state index contributed by atoms with van der Waals surface area (Å²) < 4.78 is 16.2. The molecule has 128 heavy (non-hydrogen) atoms. The van der Waals surface area contributed by atoms with E-state index < -0.39 is 0 Å². The largest absolute Gasteiger partial charge is 0.356 e. The average Bonchev–Trinajstić information content (AvgIpc) is 1.60. The summed E-state index contributed by atoms with van der Waals surface area (Å²) in [6.07, 6.45) is 48.1. The summed E-state index contributed by atoms with van der Waals surface area (Å²) in [6.45, 7) is 25.2. The Balaban J connectivity index is 0.000000130. The van der Waals surface area contributed by atoms with Gasteiger partial charge in [-0.25, -0.2) is 45.8 Å². The molecular weight excluding hydrogens is 1690 g/mol. The Morgan fingerprint density at radius 2 is 0.789 bits per heavy atom. The molecule has 10 aromatic rings. The quantitative estimate of drug-likeness (QED) is 0.101. The minimum atomic E-state index is -0.304. The van der Waals surface area contributed by atoms with Gasteiger partial charge in [0.2, 0.25) is 5.54 Å². The van der Waals surface area contributed by atoms with Gasteiger partial charge in [0.15, 0.2) is 58.1 Å². The van der Waals surface area contributed by atoms with E-state index in [4.69, 9.17) is 93.3 Å². The molecular formula is C96H124Cl4N26O2. The Morgan fingerprint density at radius 3 is 1.16 bits per heavy atom. The smallest absolute Gasteiger partial charge is 0.233 e. The van der Waals surface area contributed by atoms with Crippen molar-refractivity contribution in [2.24, 2.45) is 43.4 Å². The van der Waals surface area contributed by atoms with Crippen molar-refractivity contribution in [2.75, 3.05) is 78.6 Å². The highest BCUT2D eigenvalue weighted by atomic mass is 35.5. The number of aryl methyl sites for hydroxylation is 4. The van der Waals surface area contributed by atoms with Gasteiger partial charge in [0.25, 0.3) is 0 Å².